The van der Waals surface area contributed by atoms with Crippen LogP contribution >= 0.6 is 15.9 Å². The lowest BCUT2D eigenvalue weighted by atomic mass is 10.1. The van der Waals surface area contributed by atoms with Crippen molar-refractivity contribution in [1.29, 1.82) is 0 Å². The van der Waals surface area contributed by atoms with Crippen molar-refractivity contribution in [1.82, 2.24) is 4.90 Å². The minimum atomic E-state index is -0.180. The summed E-state index contributed by atoms with van der Waals surface area (Å²) >= 11 is 2.89. The normalized spacial score (nSPS) is 13.9. The predicted octanol–water partition coefficient (Wildman–Crippen LogP) is 1.99. The molecule has 5 nitrogen and oxygen atoms in total. The molecule has 0 fully saturated rings. The molecule has 0 saturated carbocycles. The molecule has 0 atom stereocenters. The van der Waals surface area contributed by atoms with Crippen molar-refractivity contribution in [2.45, 2.75) is 6.54 Å². The fraction of sp³-hybridized carbons (Fsp3) is 0.333. The van der Waals surface area contributed by atoms with Crippen LogP contribution in [0.15, 0.2) is 18.2 Å². The number of carbonyl (C=O) groups is 2. The van der Waals surface area contributed by atoms with Gasteiger partial charge in [-0.3, -0.25) is 9.59 Å². The van der Waals surface area contributed by atoms with E-state index in [1.54, 1.807) is 19.0 Å². The topological polar surface area (TPSA) is 49.9 Å². The fourth-order valence-corrected chi connectivity index (χ4v) is 1.88. The lowest BCUT2D eigenvalue weighted by molar-refractivity contribution is -0.120. The lowest BCUT2D eigenvalue weighted by Crippen LogP contribution is -2.35. The molecule has 0 aliphatic carbocycles. The van der Waals surface area contributed by atoms with Crippen LogP contribution in [0.5, 0.6) is 5.75 Å². The molecule has 2 rings (SSSR count). The van der Waals surface area contributed by atoms with Crippen molar-refractivity contribution < 1.29 is 14.3 Å². The maximum absolute atomic E-state index is 11.5. The third-order valence-corrected chi connectivity index (χ3v) is 3.44. The van der Waals surface area contributed by atoms with Gasteiger partial charge >= 0.3 is 0 Å². The number of fused-ring (bicyclic) bond motifs is 1. The van der Waals surface area contributed by atoms with Crippen molar-refractivity contribution in [2.75, 3.05) is 25.6 Å². The van der Waals surface area contributed by atoms with Gasteiger partial charge in [0.05, 0.1) is 5.69 Å². The smallest absolute Gasteiger partial charge is 0.289 e. The summed E-state index contributed by atoms with van der Waals surface area (Å²) in [5.41, 5.74) is 1.67. The number of anilines is 1. The van der Waals surface area contributed by atoms with E-state index < -0.39 is 0 Å². The molecule has 0 saturated heterocycles. The van der Waals surface area contributed by atoms with Crippen LogP contribution < -0.4 is 9.64 Å². The molecule has 2 amide bonds. The van der Waals surface area contributed by atoms with E-state index >= 15 is 0 Å². The lowest BCUT2D eigenvalue weighted by Gasteiger charge is -2.26. The maximum atomic E-state index is 11.5. The van der Waals surface area contributed by atoms with E-state index in [4.69, 9.17) is 4.74 Å². The molecule has 0 spiro atoms. The highest BCUT2D eigenvalue weighted by Gasteiger charge is 2.22. The first-order valence-electron chi connectivity index (χ1n) is 5.42. The Morgan fingerprint density at radius 1 is 1.56 bits per heavy atom. The molecule has 0 bridgehead atoms. The molecule has 0 unspecified atom stereocenters. The number of rotatable bonds is 2. The zero-order valence-corrected chi connectivity index (χ0v) is 11.7. The number of halogens is 1. The second kappa shape index (κ2) is 4.97. The Labute approximate surface area is 113 Å². The summed E-state index contributed by atoms with van der Waals surface area (Å²) in [6, 6.07) is 5.56. The molecule has 0 aromatic heterocycles. The standard InChI is InChI=1S/C12H13BrN2O3/c1-14(12(13)17)6-8-3-4-10-9(5-8)15(2)11(16)7-18-10/h3-5H,6-7H2,1-2H3. The molecule has 1 aromatic rings. The first-order chi connectivity index (χ1) is 8.49. The Morgan fingerprint density at radius 2 is 2.28 bits per heavy atom. The molecule has 1 heterocycles. The number of likely N-dealkylation sites (N-methyl/N-ethyl adjacent to an activating group) is 1. The number of ether oxygens (including phenoxy) is 1. The molecule has 1 aliphatic rings. The van der Waals surface area contributed by atoms with Crippen LogP contribution in [0.4, 0.5) is 10.5 Å². The van der Waals surface area contributed by atoms with Gasteiger partial charge < -0.3 is 14.5 Å². The molecule has 6 heteroatoms. The number of benzene rings is 1. The number of nitrogens with zero attached hydrogens (tertiary/aromatic N) is 2. The zero-order valence-electron chi connectivity index (χ0n) is 10.1. The van der Waals surface area contributed by atoms with Crippen LogP contribution in [0.1, 0.15) is 5.56 Å². The summed E-state index contributed by atoms with van der Waals surface area (Å²) < 4.78 is 5.33. The monoisotopic (exact) mass is 312 g/mol. The molecular formula is C12H13BrN2O3. The number of hydrogen-bond donors (Lipinski definition) is 0. The second-order valence-electron chi connectivity index (χ2n) is 4.15. The maximum Gasteiger partial charge on any atom is 0.289 e. The molecule has 0 radical (unpaired) electrons. The van der Waals surface area contributed by atoms with Crippen LogP contribution in [-0.2, 0) is 11.3 Å². The van der Waals surface area contributed by atoms with E-state index in [0.717, 1.165) is 11.3 Å². The molecule has 0 N–H and O–H groups in total. The third-order valence-electron chi connectivity index (χ3n) is 2.83. The van der Waals surface area contributed by atoms with E-state index in [1.807, 2.05) is 18.2 Å². The summed E-state index contributed by atoms with van der Waals surface area (Å²) in [5.74, 6) is 0.609. The molecular weight excluding hydrogens is 300 g/mol. The molecule has 1 aliphatic heterocycles. The van der Waals surface area contributed by atoms with Gasteiger partial charge in [0.2, 0.25) is 0 Å². The van der Waals surface area contributed by atoms with E-state index in [2.05, 4.69) is 15.9 Å². The quantitative estimate of drug-likeness (QED) is 0.620. The predicted molar refractivity (Wildman–Crippen MR) is 71.1 cm³/mol. The van der Waals surface area contributed by atoms with Crippen LogP contribution in [0.2, 0.25) is 0 Å². The van der Waals surface area contributed by atoms with E-state index in [1.165, 1.54) is 4.90 Å². The SMILES string of the molecule is CN(Cc1ccc2c(c1)N(C)C(=O)CO2)C(=O)Br. The van der Waals surface area contributed by atoms with Crippen molar-refractivity contribution in [3.63, 3.8) is 0 Å². The third kappa shape index (κ3) is 2.48. The van der Waals surface area contributed by atoms with Gasteiger partial charge in [0.1, 0.15) is 5.75 Å². The summed E-state index contributed by atoms with van der Waals surface area (Å²) in [5, 5.41) is 0. The van der Waals surface area contributed by atoms with Gasteiger partial charge in [-0.25, -0.2) is 0 Å². The number of amides is 2. The van der Waals surface area contributed by atoms with E-state index in [9.17, 15) is 9.59 Å². The molecule has 96 valence electrons. The Morgan fingerprint density at radius 3 is 2.94 bits per heavy atom. The minimum absolute atomic E-state index is 0.0721. The highest BCUT2D eigenvalue weighted by atomic mass is 79.9. The van der Waals surface area contributed by atoms with Gasteiger partial charge in [0.25, 0.3) is 10.7 Å². The average Bonchev–Trinajstić information content (AvgIpc) is 2.34. The number of carbonyl (C=O) groups excluding carboxylic acids is 2. The van der Waals surface area contributed by atoms with Crippen molar-refractivity contribution in [3.8, 4) is 5.75 Å². The van der Waals surface area contributed by atoms with Crippen molar-refractivity contribution in [2.24, 2.45) is 0 Å². The summed E-state index contributed by atoms with van der Waals surface area (Å²) in [4.78, 5) is 25.6. The van der Waals surface area contributed by atoms with Gasteiger partial charge in [0.15, 0.2) is 6.61 Å². The van der Waals surface area contributed by atoms with Crippen LogP contribution in [-0.4, -0.2) is 36.3 Å². The Hall–Kier alpha value is -1.56. The van der Waals surface area contributed by atoms with E-state index in [0.29, 0.717) is 12.3 Å². The van der Waals surface area contributed by atoms with Gasteiger partial charge in [-0.1, -0.05) is 6.07 Å². The molecule has 18 heavy (non-hydrogen) atoms. The first kappa shape index (κ1) is 12.9. The minimum Gasteiger partial charge on any atom is -0.482 e. The number of hydrogen-bond acceptors (Lipinski definition) is 3. The Balaban J connectivity index is 2.26. The summed E-state index contributed by atoms with van der Waals surface area (Å²) in [7, 11) is 3.41. The largest absolute Gasteiger partial charge is 0.482 e. The van der Waals surface area contributed by atoms with Gasteiger partial charge in [0, 0.05) is 36.6 Å². The van der Waals surface area contributed by atoms with Crippen LogP contribution in [0.25, 0.3) is 0 Å². The Bertz CT molecular complexity index is 504. The van der Waals surface area contributed by atoms with Gasteiger partial charge in [-0.2, -0.15) is 0 Å². The van der Waals surface area contributed by atoms with Gasteiger partial charge in [-0.05, 0) is 17.7 Å². The van der Waals surface area contributed by atoms with E-state index in [-0.39, 0.29) is 17.3 Å². The highest BCUT2D eigenvalue weighted by molar-refractivity contribution is 9.18. The summed E-state index contributed by atoms with van der Waals surface area (Å²) in [6.07, 6.45) is 0. The van der Waals surface area contributed by atoms with Crippen LogP contribution in [0.3, 0.4) is 0 Å². The zero-order chi connectivity index (χ0) is 13.3. The van der Waals surface area contributed by atoms with Crippen molar-refractivity contribution >= 4 is 32.3 Å². The Kier molecular flexibility index (Phi) is 3.56. The highest BCUT2D eigenvalue weighted by Crippen LogP contribution is 2.32. The van der Waals surface area contributed by atoms with Crippen molar-refractivity contribution in [3.05, 3.63) is 23.8 Å². The average molecular weight is 313 g/mol. The van der Waals surface area contributed by atoms with Crippen LogP contribution in [0, 0.1) is 0 Å². The molecule has 1 aromatic carbocycles. The summed E-state index contributed by atoms with van der Waals surface area (Å²) in [6.45, 7) is 0.544. The fourth-order valence-electron chi connectivity index (χ4n) is 1.75. The second-order valence-corrected chi connectivity index (χ2v) is 4.83. The van der Waals surface area contributed by atoms with Gasteiger partial charge in [-0.15, -0.1) is 0 Å². The first-order valence-corrected chi connectivity index (χ1v) is 6.21.